The second-order valence-electron chi connectivity index (χ2n) is 7.88. The molecule has 0 bridgehead atoms. The first-order valence-electron chi connectivity index (χ1n) is 9.44. The van der Waals surface area contributed by atoms with E-state index in [-0.39, 0.29) is 29.7 Å². The fraction of sp³-hybridized carbons (Fsp3) is 0.500. The summed E-state index contributed by atoms with van der Waals surface area (Å²) < 4.78 is 0.849. The van der Waals surface area contributed by atoms with E-state index in [9.17, 15) is 9.59 Å². The Hall–Kier alpha value is -1.93. The molecule has 0 saturated carbocycles. The SMILES string of the molecule is CC(C)(C)N1C[C@H](C(=O)Nc2nnc(SCCCc3ccccc3)s2)CC1=O. The number of hydrogen-bond donors (Lipinski definition) is 1. The Labute approximate surface area is 174 Å². The fourth-order valence-corrected chi connectivity index (χ4v) is 4.90. The first-order valence-corrected chi connectivity index (χ1v) is 11.2. The van der Waals surface area contributed by atoms with Crippen LogP contribution in [-0.4, -0.2) is 44.7 Å². The highest BCUT2D eigenvalue weighted by Gasteiger charge is 2.39. The van der Waals surface area contributed by atoms with Gasteiger partial charge in [-0.2, -0.15) is 0 Å². The topological polar surface area (TPSA) is 75.2 Å². The third-order valence-electron chi connectivity index (χ3n) is 4.62. The molecule has 28 heavy (non-hydrogen) atoms. The number of aryl methyl sites for hydroxylation is 1. The number of likely N-dealkylation sites (tertiary alicyclic amines) is 1. The molecule has 0 aliphatic carbocycles. The average molecular weight is 419 g/mol. The van der Waals surface area contributed by atoms with E-state index < -0.39 is 0 Å². The highest BCUT2D eigenvalue weighted by atomic mass is 32.2. The zero-order valence-corrected chi connectivity index (χ0v) is 18.1. The van der Waals surface area contributed by atoms with Gasteiger partial charge >= 0.3 is 0 Å². The van der Waals surface area contributed by atoms with Crippen LogP contribution in [0.5, 0.6) is 0 Å². The molecule has 1 N–H and O–H groups in total. The molecule has 1 aliphatic heterocycles. The van der Waals surface area contributed by atoms with Crippen molar-refractivity contribution in [3.63, 3.8) is 0 Å². The molecule has 1 aliphatic rings. The Morgan fingerprint density at radius 1 is 1.29 bits per heavy atom. The van der Waals surface area contributed by atoms with Gasteiger partial charge in [-0.3, -0.25) is 9.59 Å². The number of nitrogens with zero attached hydrogens (tertiary/aromatic N) is 3. The number of benzene rings is 1. The Kier molecular flexibility index (Phi) is 6.72. The molecule has 8 heteroatoms. The highest BCUT2D eigenvalue weighted by molar-refractivity contribution is 8.01. The number of carbonyl (C=O) groups is 2. The number of amides is 2. The van der Waals surface area contributed by atoms with Crippen LogP contribution in [0.2, 0.25) is 0 Å². The van der Waals surface area contributed by atoms with Crippen LogP contribution >= 0.6 is 23.1 Å². The molecule has 3 rings (SSSR count). The minimum absolute atomic E-state index is 0.0274. The maximum Gasteiger partial charge on any atom is 0.231 e. The molecule has 2 amide bonds. The second-order valence-corrected chi connectivity index (χ2v) is 10.2. The molecule has 1 saturated heterocycles. The zero-order chi connectivity index (χ0) is 20.1. The van der Waals surface area contributed by atoms with E-state index in [1.807, 2.05) is 26.8 Å². The number of nitrogens with one attached hydrogen (secondary N) is 1. The summed E-state index contributed by atoms with van der Waals surface area (Å²) in [6, 6.07) is 10.4. The summed E-state index contributed by atoms with van der Waals surface area (Å²) in [5, 5.41) is 11.5. The summed E-state index contributed by atoms with van der Waals surface area (Å²) in [7, 11) is 0. The molecule has 0 spiro atoms. The minimum atomic E-state index is -0.336. The predicted molar refractivity (Wildman–Crippen MR) is 114 cm³/mol. The van der Waals surface area contributed by atoms with Gasteiger partial charge in [0, 0.05) is 24.3 Å². The summed E-state index contributed by atoms with van der Waals surface area (Å²) in [5.41, 5.74) is 1.07. The highest BCUT2D eigenvalue weighted by Crippen LogP contribution is 2.29. The van der Waals surface area contributed by atoms with Crippen molar-refractivity contribution >= 4 is 40.0 Å². The standard InChI is InChI=1S/C20H26N4O2S2/c1-20(2,3)24-13-15(12-16(24)25)17(26)21-18-22-23-19(28-18)27-11-7-10-14-8-5-4-6-9-14/h4-6,8-9,15H,7,10-13H2,1-3H3,(H,21,22,26)/t15-/m1/s1. The smallest absolute Gasteiger partial charge is 0.231 e. The maximum absolute atomic E-state index is 12.5. The van der Waals surface area contributed by atoms with Crippen molar-refractivity contribution in [2.45, 2.75) is 49.9 Å². The van der Waals surface area contributed by atoms with E-state index in [4.69, 9.17) is 0 Å². The maximum atomic E-state index is 12.5. The van der Waals surface area contributed by atoms with Gasteiger partial charge in [0.1, 0.15) is 0 Å². The number of aromatic nitrogens is 2. The monoisotopic (exact) mass is 418 g/mol. The van der Waals surface area contributed by atoms with Gasteiger partial charge < -0.3 is 10.2 Å². The molecule has 150 valence electrons. The van der Waals surface area contributed by atoms with Crippen molar-refractivity contribution in [1.29, 1.82) is 0 Å². The third-order valence-corrected chi connectivity index (χ3v) is 6.68. The molecule has 0 unspecified atom stereocenters. The Balaban J connectivity index is 1.44. The van der Waals surface area contributed by atoms with E-state index in [2.05, 4.69) is 39.8 Å². The molecule has 1 aromatic heterocycles. The van der Waals surface area contributed by atoms with Gasteiger partial charge in [-0.25, -0.2) is 0 Å². The van der Waals surface area contributed by atoms with E-state index in [1.165, 1.54) is 16.9 Å². The third kappa shape index (κ3) is 5.54. The van der Waals surface area contributed by atoms with E-state index >= 15 is 0 Å². The van der Waals surface area contributed by atoms with Crippen LogP contribution in [0.1, 0.15) is 39.2 Å². The molecule has 0 radical (unpaired) electrons. The molecule has 2 aromatic rings. The average Bonchev–Trinajstić information content (AvgIpc) is 3.26. The number of rotatable bonds is 7. The first-order chi connectivity index (χ1) is 13.3. The van der Waals surface area contributed by atoms with Gasteiger partial charge in [0.05, 0.1) is 5.92 Å². The molecule has 1 aromatic carbocycles. The lowest BCUT2D eigenvalue weighted by Crippen LogP contribution is -2.42. The summed E-state index contributed by atoms with van der Waals surface area (Å²) in [5.74, 6) is 0.490. The van der Waals surface area contributed by atoms with Crippen LogP contribution in [0, 0.1) is 5.92 Å². The lowest BCUT2D eigenvalue weighted by Gasteiger charge is -2.31. The molecular weight excluding hydrogens is 392 g/mol. The van der Waals surface area contributed by atoms with Crippen molar-refractivity contribution in [3.8, 4) is 0 Å². The van der Waals surface area contributed by atoms with Crippen molar-refractivity contribution < 1.29 is 9.59 Å². The Morgan fingerprint density at radius 2 is 2.04 bits per heavy atom. The van der Waals surface area contributed by atoms with Gasteiger partial charge in [-0.15, -0.1) is 10.2 Å². The predicted octanol–water partition coefficient (Wildman–Crippen LogP) is 3.85. The van der Waals surface area contributed by atoms with E-state index in [0.717, 1.165) is 22.9 Å². The molecular formula is C20H26N4O2S2. The van der Waals surface area contributed by atoms with Crippen molar-refractivity contribution in [2.24, 2.45) is 5.92 Å². The largest absolute Gasteiger partial charge is 0.337 e. The summed E-state index contributed by atoms with van der Waals surface area (Å²) in [6.45, 7) is 6.40. The van der Waals surface area contributed by atoms with Gasteiger partial charge in [-0.05, 0) is 39.2 Å². The Morgan fingerprint density at radius 3 is 2.71 bits per heavy atom. The van der Waals surface area contributed by atoms with Crippen molar-refractivity contribution in [2.75, 3.05) is 17.6 Å². The van der Waals surface area contributed by atoms with Gasteiger partial charge in [-0.1, -0.05) is 53.4 Å². The minimum Gasteiger partial charge on any atom is -0.337 e. The first kappa shape index (κ1) is 20.8. The van der Waals surface area contributed by atoms with Crippen LogP contribution < -0.4 is 5.32 Å². The summed E-state index contributed by atoms with van der Waals surface area (Å²) in [6.07, 6.45) is 2.35. The number of anilines is 1. The van der Waals surface area contributed by atoms with Gasteiger partial charge in [0.2, 0.25) is 16.9 Å². The molecule has 6 nitrogen and oxygen atoms in total. The molecule has 2 heterocycles. The zero-order valence-electron chi connectivity index (χ0n) is 16.5. The van der Waals surface area contributed by atoms with E-state index in [1.54, 1.807) is 16.7 Å². The lowest BCUT2D eigenvalue weighted by molar-refractivity contribution is -0.131. The number of thioether (sulfide) groups is 1. The van der Waals surface area contributed by atoms with Crippen LogP contribution in [0.4, 0.5) is 5.13 Å². The number of hydrogen-bond acceptors (Lipinski definition) is 6. The normalized spacial score (nSPS) is 17.2. The van der Waals surface area contributed by atoms with Crippen LogP contribution in [-0.2, 0) is 16.0 Å². The molecule has 1 atom stereocenters. The van der Waals surface area contributed by atoms with Crippen LogP contribution in [0.15, 0.2) is 34.7 Å². The van der Waals surface area contributed by atoms with Gasteiger partial charge in [0.15, 0.2) is 4.34 Å². The van der Waals surface area contributed by atoms with Crippen molar-refractivity contribution in [1.82, 2.24) is 15.1 Å². The van der Waals surface area contributed by atoms with Crippen molar-refractivity contribution in [3.05, 3.63) is 35.9 Å². The van der Waals surface area contributed by atoms with Crippen LogP contribution in [0.3, 0.4) is 0 Å². The fourth-order valence-electron chi connectivity index (χ4n) is 3.14. The lowest BCUT2D eigenvalue weighted by atomic mass is 10.1. The van der Waals surface area contributed by atoms with Gasteiger partial charge in [0.25, 0.3) is 0 Å². The number of carbonyl (C=O) groups excluding carboxylic acids is 2. The Bertz CT molecular complexity index is 817. The summed E-state index contributed by atoms with van der Waals surface area (Å²) >= 11 is 3.04. The van der Waals surface area contributed by atoms with Crippen LogP contribution in [0.25, 0.3) is 0 Å². The quantitative estimate of drug-likeness (QED) is 0.420. The molecule has 1 fully saturated rings. The summed E-state index contributed by atoms with van der Waals surface area (Å²) in [4.78, 5) is 26.4. The second kappa shape index (κ2) is 9.05. The van der Waals surface area contributed by atoms with E-state index in [0.29, 0.717) is 11.7 Å².